The Morgan fingerprint density at radius 2 is 2.11 bits per heavy atom. The van der Waals surface area contributed by atoms with Crippen LogP contribution in [0.5, 0.6) is 0 Å². The van der Waals surface area contributed by atoms with Gasteiger partial charge in [-0.3, -0.25) is 9.48 Å². The summed E-state index contributed by atoms with van der Waals surface area (Å²) in [6, 6.07) is 0. The lowest BCUT2D eigenvalue weighted by Crippen LogP contribution is -2.30. The third kappa shape index (κ3) is 4.08. The SMILES string of the molecule is CC(C)(C)CC(=O)NCCn1ncc2c1CCCC2. The first-order chi connectivity index (χ1) is 8.96. The number of aryl methyl sites for hydroxylation is 1. The molecule has 4 heteroatoms. The molecule has 1 aromatic rings. The number of aromatic nitrogens is 2. The summed E-state index contributed by atoms with van der Waals surface area (Å²) in [5.41, 5.74) is 2.82. The van der Waals surface area contributed by atoms with Crippen LogP contribution in [0.15, 0.2) is 6.20 Å². The summed E-state index contributed by atoms with van der Waals surface area (Å²) in [5, 5.41) is 7.42. The van der Waals surface area contributed by atoms with Crippen LogP contribution in [0, 0.1) is 5.41 Å². The molecule has 1 aliphatic rings. The summed E-state index contributed by atoms with van der Waals surface area (Å²) in [5.74, 6) is 0.133. The van der Waals surface area contributed by atoms with E-state index in [2.05, 4.69) is 35.9 Å². The molecule has 0 saturated heterocycles. The highest BCUT2D eigenvalue weighted by Gasteiger charge is 2.17. The third-order valence-electron chi connectivity index (χ3n) is 3.48. The van der Waals surface area contributed by atoms with Crippen LogP contribution >= 0.6 is 0 Å². The van der Waals surface area contributed by atoms with Gasteiger partial charge in [0.25, 0.3) is 0 Å². The molecule has 1 aliphatic carbocycles. The van der Waals surface area contributed by atoms with Gasteiger partial charge in [-0.25, -0.2) is 0 Å². The van der Waals surface area contributed by atoms with Gasteiger partial charge < -0.3 is 5.32 Å². The minimum atomic E-state index is 0.0505. The molecule has 0 saturated carbocycles. The summed E-state index contributed by atoms with van der Waals surface area (Å²) in [6.07, 6.45) is 7.39. The van der Waals surface area contributed by atoms with E-state index in [-0.39, 0.29) is 11.3 Å². The molecule has 1 N–H and O–H groups in total. The molecule has 0 fully saturated rings. The zero-order valence-corrected chi connectivity index (χ0v) is 12.3. The molecule has 0 aromatic carbocycles. The molecular weight excluding hydrogens is 238 g/mol. The maximum atomic E-state index is 11.7. The molecule has 2 rings (SSSR count). The van der Waals surface area contributed by atoms with Gasteiger partial charge in [0.05, 0.1) is 12.7 Å². The lowest BCUT2D eigenvalue weighted by atomic mass is 9.92. The quantitative estimate of drug-likeness (QED) is 0.906. The Morgan fingerprint density at radius 3 is 2.84 bits per heavy atom. The molecule has 0 unspecified atom stereocenters. The smallest absolute Gasteiger partial charge is 0.220 e. The van der Waals surface area contributed by atoms with E-state index in [0.717, 1.165) is 19.4 Å². The maximum absolute atomic E-state index is 11.7. The van der Waals surface area contributed by atoms with Crippen molar-refractivity contribution in [3.05, 3.63) is 17.5 Å². The van der Waals surface area contributed by atoms with E-state index in [9.17, 15) is 4.79 Å². The van der Waals surface area contributed by atoms with Gasteiger partial charge >= 0.3 is 0 Å². The molecule has 1 amide bonds. The predicted octanol–water partition coefficient (Wildman–Crippen LogP) is 2.31. The van der Waals surface area contributed by atoms with Crippen molar-refractivity contribution in [2.45, 2.75) is 59.4 Å². The molecule has 0 aliphatic heterocycles. The molecule has 0 bridgehead atoms. The van der Waals surface area contributed by atoms with Crippen LogP contribution in [0.3, 0.4) is 0 Å². The van der Waals surface area contributed by atoms with E-state index in [4.69, 9.17) is 0 Å². The lowest BCUT2D eigenvalue weighted by Gasteiger charge is -2.18. The number of rotatable bonds is 4. The molecule has 1 aromatic heterocycles. The summed E-state index contributed by atoms with van der Waals surface area (Å²) < 4.78 is 2.06. The second kappa shape index (κ2) is 5.76. The van der Waals surface area contributed by atoms with E-state index in [1.165, 1.54) is 24.1 Å². The fourth-order valence-corrected chi connectivity index (χ4v) is 2.59. The molecule has 19 heavy (non-hydrogen) atoms. The Kier molecular flexibility index (Phi) is 4.27. The van der Waals surface area contributed by atoms with Gasteiger partial charge in [0, 0.05) is 18.7 Å². The largest absolute Gasteiger partial charge is 0.354 e. The summed E-state index contributed by atoms with van der Waals surface area (Å²) in [4.78, 5) is 11.7. The lowest BCUT2D eigenvalue weighted by molar-refractivity contribution is -0.122. The number of carbonyl (C=O) groups excluding carboxylic acids is 1. The predicted molar refractivity (Wildman–Crippen MR) is 76.0 cm³/mol. The average Bonchev–Trinajstić information content (AvgIpc) is 2.70. The van der Waals surface area contributed by atoms with Crippen molar-refractivity contribution in [3.63, 3.8) is 0 Å². The van der Waals surface area contributed by atoms with Crippen molar-refractivity contribution in [1.82, 2.24) is 15.1 Å². The number of amides is 1. The normalized spacial score (nSPS) is 15.1. The Balaban J connectivity index is 1.80. The van der Waals surface area contributed by atoms with Crippen molar-refractivity contribution in [2.75, 3.05) is 6.54 Å². The highest BCUT2D eigenvalue weighted by molar-refractivity contribution is 5.76. The van der Waals surface area contributed by atoms with E-state index in [1.807, 2.05) is 6.20 Å². The molecular formula is C15H25N3O. The first-order valence-corrected chi connectivity index (χ1v) is 7.26. The monoisotopic (exact) mass is 263 g/mol. The van der Waals surface area contributed by atoms with Gasteiger partial charge in [-0.15, -0.1) is 0 Å². The van der Waals surface area contributed by atoms with Crippen molar-refractivity contribution < 1.29 is 4.79 Å². The minimum absolute atomic E-state index is 0.0505. The topological polar surface area (TPSA) is 46.9 Å². The Morgan fingerprint density at radius 1 is 1.37 bits per heavy atom. The summed E-state index contributed by atoms with van der Waals surface area (Å²) in [7, 11) is 0. The zero-order valence-electron chi connectivity index (χ0n) is 12.3. The minimum Gasteiger partial charge on any atom is -0.354 e. The van der Waals surface area contributed by atoms with E-state index < -0.39 is 0 Å². The van der Waals surface area contributed by atoms with E-state index in [0.29, 0.717) is 13.0 Å². The second-order valence-corrected chi connectivity index (χ2v) is 6.63. The molecule has 1 heterocycles. The van der Waals surface area contributed by atoms with E-state index in [1.54, 1.807) is 0 Å². The fourth-order valence-electron chi connectivity index (χ4n) is 2.59. The number of nitrogens with zero attached hydrogens (tertiary/aromatic N) is 2. The number of hydrogen-bond acceptors (Lipinski definition) is 2. The van der Waals surface area contributed by atoms with Crippen LogP contribution in [0.2, 0.25) is 0 Å². The molecule has 4 nitrogen and oxygen atoms in total. The van der Waals surface area contributed by atoms with Gasteiger partial charge in [0.2, 0.25) is 5.91 Å². The number of hydrogen-bond donors (Lipinski definition) is 1. The van der Waals surface area contributed by atoms with Crippen molar-refractivity contribution in [3.8, 4) is 0 Å². The van der Waals surface area contributed by atoms with E-state index >= 15 is 0 Å². The van der Waals surface area contributed by atoms with Crippen LogP contribution in [0.4, 0.5) is 0 Å². The first kappa shape index (κ1) is 14.1. The van der Waals surface area contributed by atoms with Gasteiger partial charge in [-0.1, -0.05) is 20.8 Å². The fraction of sp³-hybridized carbons (Fsp3) is 0.733. The van der Waals surface area contributed by atoms with Gasteiger partial charge in [-0.05, 0) is 36.7 Å². The van der Waals surface area contributed by atoms with Crippen molar-refractivity contribution in [1.29, 1.82) is 0 Å². The standard InChI is InChI=1S/C15H25N3O/c1-15(2,3)10-14(19)16-8-9-18-13-7-5-4-6-12(13)11-17-18/h11H,4-10H2,1-3H3,(H,16,19). The van der Waals surface area contributed by atoms with Crippen LogP contribution in [0.25, 0.3) is 0 Å². The molecule has 0 atom stereocenters. The number of carbonyl (C=O) groups is 1. The van der Waals surface area contributed by atoms with Gasteiger partial charge in [0.1, 0.15) is 0 Å². The highest BCUT2D eigenvalue weighted by Crippen LogP contribution is 2.20. The molecule has 106 valence electrons. The van der Waals surface area contributed by atoms with Crippen molar-refractivity contribution in [2.24, 2.45) is 5.41 Å². The summed E-state index contributed by atoms with van der Waals surface area (Å²) >= 11 is 0. The number of fused-ring (bicyclic) bond motifs is 1. The number of nitrogens with one attached hydrogen (secondary N) is 1. The maximum Gasteiger partial charge on any atom is 0.220 e. The molecule has 0 radical (unpaired) electrons. The van der Waals surface area contributed by atoms with Crippen LogP contribution in [-0.2, 0) is 24.2 Å². The second-order valence-electron chi connectivity index (χ2n) is 6.63. The Bertz CT molecular complexity index is 443. The van der Waals surface area contributed by atoms with Crippen molar-refractivity contribution >= 4 is 5.91 Å². The molecule has 0 spiro atoms. The first-order valence-electron chi connectivity index (χ1n) is 7.26. The Hall–Kier alpha value is -1.32. The van der Waals surface area contributed by atoms with Gasteiger partial charge in [-0.2, -0.15) is 5.10 Å². The zero-order chi connectivity index (χ0) is 13.9. The van der Waals surface area contributed by atoms with Crippen LogP contribution in [0.1, 0.15) is 51.3 Å². The van der Waals surface area contributed by atoms with Gasteiger partial charge in [0.15, 0.2) is 0 Å². The van der Waals surface area contributed by atoms with Crippen LogP contribution in [-0.4, -0.2) is 22.2 Å². The Labute approximate surface area is 115 Å². The van der Waals surface area contributed by atoms with Crippen LogP contribution < -0.4 is 5.32 Å². The highest BCUT2D eigenvalue weighted by atomic mass is 16.1. The third-order valence-corrected chi connectivity index (χ3v) is 3.48. The summed E-state index contributed by atoms with van der Waals surface area (Å²) in [6.45, 7) is 7.69. The average molecular weight is 263 g/mol.